The molecule has 1 heterocycles. The number of thiazole rings is 1. The first kappa shape index (κ1) is 19.7. The molecule has 0 saturated carbocycles. The Labute approximate surface area is 166 Å². The van der Waals surface area contributed by atoms with Gasteiger partial charge in [0.25, 0.3) is 5.91 Å². The second-order valence-corrected chi connectivity index (χ2v) is 7.58. The molecule has 1 N–H and O–H groups in total. The van der Waals surface area contributed by atoms with Crippen molar-refractivity contribution < 1.29 is 18.0 Å². The minimum Gasteiger partial charge on any atom is -0.321 e. The molecule has 0 fully saturated rings. The van der Waals surface area contributed by atoms with E-state index >= 15 is 0 Å². The van der Waals surface area contributed by atoms with E-state index in [1.807, 2.05) is 0 Å². The van der Waals surface area contributed by atoms with Crippen LogP contribution in [0.5, 0.6) is 0 Å². The molecule has 0 atom stereocenters. The molecular weight excluding hydrogens is 420 g/mol. The van der Waals surface area contributed by atoms with Gasteiger partial charge < -0.3 is 5.32 Å². The molecule has 3 nitrogen and oxygen atoms in total. The average molecular weight is 431 g/mol. The molecule has 0 saturated heterocycles. The molecule has 3 rings (SSSR count). The maximum atomic E-state index is 13.1. The van der Waals surface area contributed by atoms with Gasteiger partial charge in [0.1, 0.15) is 4.88 Å². The monoisotopic (exact) mass is 430 g/mol. The molecule has 140 valence electrons. The Kier molecular flexibility index (Phi) is 5.46. The number of amides is 1. The third-order valence-electron chi connectivity index (χ3n) is 3.60. The molecule has 0 aliphatic heterocycles. The highest BCUT2D eigenvalue weighted by atomic mass is 35.5. The van der Waals surface area contributed by atoms with Gasteiger partial charge in [0.15, 0.2) is 5.69 Å². The van der Waals surface area contributed by atoms with Crippen LogP contribution in [0, 0.1) is 6.92 Å². The van der Waals surface area contributed by atoms with E-state index in [9.17, 15) is 18.0 Å². The summed E-state index contributed by atoms with van der Waals surface area (Å²) in [5.41, 5.74) is 0.238. The predicted molar refractivity (Wildman–Crippen MR) is 102 cm³/mol. The standard InChI is InChI=1S/C18H11Cl2F3N2OS/c1-9-24-16(18(21,22)23)15(27-9)17(26)25-13-4-2-3-12(20)14(13)10-5-7-11(19)8-6-10/h2-8H,1H3,(H,25,26). The molecule has 1 amide bonds. The van der Waals surface area contributed by atoms with Crippen LogP contribution >= 0.6 is 34.5 Å². The summed E-state index contributed by atoms with van der Waals surface area (Å²) in [6.07, 6.45) is -4.72. The zero-order valence-corrected chi connectivity index (χ0v) is 16.0. The van der Waals surface area contributed by atoms with Crippen molar-refractivity contribution in [2.75, 3.05) is 5.32 Å². The third kappa shape index (κ3) is 4.26. The Morgan fingerprint density at radius 3 is 2.41 bits per heavy atom. The van der Waals surface area contributed by atoms with E-state index in [1.165, 1.54) is 6.92 Å². The van der Waals surface area contributed by atoms with Crippen molar-refractivity contribution in [3.05, 3.63) is 68.1 Å². The number of hydrogen-bond donors (Lipinski definition) is 1. The molecule has 0 spiro atoms. The molecule has 0 bridgehead atoms. The first-order valence-corrected chi connectivity index (χ1v) is 9.14. The van der Waals surface area contributed by atoms with E-state index in [-0.39, 0.29) is 10.7 Å². The summed E-state index contributed by atoms with van der Waals surface area (Å²) in [5.74, 6) is -0.898. The largest absolute Gasteiger partial charge is 0.435 e. The van der Waals surface area contributed by atoms with Gasteiger partial charge >= 0.3 is 6.18 Å². The van der Waals surface area contributed by atoms with Crippen molar-refractivity contribution in [1.82, 2.24) is 4.98 Å². The van der Waals surface area contributed by atoms with Gasteiger partial charge in [0, 0.05) is 10.6 Å². The van der Waals surface area contributed by atoms with Crippen LogP contribution in [-0.2, 0) is 6.18 Å². The number of rotatable bonds is 3. The fourth-order valence-electron chi connectivity index (χ4n) is 2.49. The number of hydrogen-bond acceptors (Lipinski definition) is 3. The van der Waals surface area contributed by atoms with Gasteiger partial charge in [-0.2, -0.15) is 13.2 Å². The second kappa shape index (κ2) is 7.50. The predicted octanol–water partition coefficient (Wildman–Crippen LogP) is 6.70. The van der Waals surface area contributed by atoms with Gasteiger partial charge in [-0.15, -0.1) is 11.3 Å². The molecule has 2 aromatic carbocycles. The summed E-state index contributed by atoms with van der Waals surface area (Å²) in [6.45, 7) is 1.41. The minimum atomic E-state index is -4.72. The Morgan fingerprint density at radius 2 is 1.78 bits per heavy atom. The van der Waals surface area contributed by atoms with Gasteiger partial charge in [0.05, 0.1) is 15.7 Å². The summed E-state index contributed by atoms with van der Waals surface area (Å²) in [6, 6.07) is 11.5. The van der Waals surface area contributed by atoms with Crippen molar-refractivity contribution in [2.24, 2.45) is 0 Å². The van der Waals surface area contributed by atoms with E-state index < -0.39 is 22.7 Å². The Balaban J connectivity index is 2.01. The van der Waals surface area contributed by atoms with E-state index in [2.05, 4.69) is 10.3 Å². The van der Waals surface area contributed by atoms with Crippen LogP contribution in [0.15, 0.2) is 42.5 Å². The van der Waals surface area contributed by atoms with E-state index in [1.54, 1.807) is 42.5 Å². The number of carbonyl (C=O) groups is 1. The zero-order chi connectivity index (χ0) is 19.8. The lowest BCUT2D eigenvalue weighted by Gasteiger charge is -2.13. The lowest BCUT2D eigenvalue weighted by molar-refractivity contribution is -0.141. The van der Waals surface area contributed by atoms with Crippen molar-refractivity contribution in [2.45, 2.75) is 13.1 Å². The summed E-state index contributed by atoms with van der Waals surface area (Å²) in [7, 11) is 0. The molecule has 0 aliphatic carbocycles. The first-order valence-electron chi connectivity index (χ1n) is 7.57. The highest BCUT2D eigenvalue weighted by Gasteiger charge is 2.39. The second-order valence-electron chi connectivity index (χ2n) is 5.53. The summed E-state index contributed by atoms with van der Waals surface area (Å²) < 4.78 is 39.4. The first-order chi connectivity index (χ1) is 12.7. The summed E-state index contributed by atoms with van der Waals surface area (Å²) in [5, 5.41) is 3.53. The fraction of sp³-hybridized carbons (Fsp3) is 0.111. The van der Waals surface area contributed by atoms with Crippen molar-refractivity contribution >= 4 is 46.1 Å². The van der Waals surface area contributed by atoms with E-state index in [0.29, 0.717) is 32.5 Å². The fourth-order valence-corrected chi connectivity index (χ4v) is 3.73. The number of nitrogens with one attached hydrogen (secondary N) is 1. The molecular formula is C18H11Cl2F3N2OS. The zero-order valence-electron chi connectivity index (χ0n) is 13.7. The van der Waals surface area contributed by atoms with Crippen molar-refractivity contribution in [3.63, 3.8) is 0 Å². The minimum absolute atomic E-state index is 0.150. The number of benzene rings is 2. The average Bonchev–Trinajstić information content (AvgIpc) is 2.99. The van der Waals surface area contributed by atoms with Crippen LogP contribution in [0.4, 0.5) is 18.9 Å². The quantitative estimate of drug-likeness (QED) is 0.502. The molecule has 1 aromatic heterocycles. The smallest absolute Gasteiger partial charge is 0.321 e. The van der Waals surface area contributed by atoms with Crippen LogP contribution in [0.2, 0.25) is 10.0 Å². The molecule has 27 heavy (non-hydrogen) atoms. The highest BCUT2D eigenvalue weighted by molar-refractivity contribution is 7.13. The van der Waals surface area contributed by atoms with Crippen LogP contribution in [0.1, 0.15) is 20.4 Å². The summed E-state index contributed by atoms with van der Waals surface area (Å²) in [4.78, 5) is 15.5. The van der Waals surface area contributed by atoms with Crippen LogP contribution in [-0.4, -0.2) is 10.9 Å². The van der Waals surface area contributed by atoms with Crippen molar-refractivity contribution in [1.29, 1.82) is 0 Å². The van der Waals surface area contributed by atoms with Gasteiger partial charge in [-0.1, -0.05) is 41.4 Å². The number of aromatic nitrogens is 1. The van der Waals surface area contributed by atoms with Crippen LogP contribution < -0.4 is 5.32 Å². The van der Waals surface area contributed by atoms with Gasteiger partial charge in [-0.25, -0.2) is 4.98 Å². The van der Waals surface area contributed by atoms with Crippen molar-refractivity contribution in [3.8, 4) is 11.1 Å². The molecule has 0 unspecified atom stereocenters. The highest BCUT2D eigenvalue weighted by Crippen LogP contribution is 2.38. The van der Waals surface area contributed by atoms with E-state index in [4.69, 9.17) is 23.2 Å². The molecule has 9 heteroatoms. The number of halogens is 5. The number of nitrogens with zero attached hydrogens (tertiary/aromatic N) is 1. The molecule has 3 aromatic rings. The Hall–Kier alpha value is -2.09. The number of alkyl halides is 3. The molecule has 0 radical (unpaired) electrons. The van der Waals surface area contributed by atoms with Gasteiger partial charge in [-0.3, -0.25) is 4.79 Å². The Morgan fingerprint density at radius 1 is 1.11 bits per heavy atom. The Bertz CT molecular complexity index is 1000. The normalized spacial score (nSPS) is 11.5. The number of aryl methyl sites for hydroxylation is 1. The number of anilines is 1. The topological polar surface area (TPSA) is 42.0 Å². The lowest BCUT2D eigenvalue weighted by atomic mass is 10.0. The van der Waals surface area contributed by atoms with Gasteiger partial charge in [0.2, 0.25) is 0 Å². The van der Waals surface area contributed by atoms with Crippen LogP contribution in [0.3, 0.4) is 0 Å². The SMILES string of the molecule is Cc1nc(C(F)(F)F)c(C(=O)Nc2cccc(Cl)c2-c2ccc(Cl)cc2)s1. The lowest BCUT2D eigenvalue weighted by Crippen LogP contribution is -2.17. The number of carbonyl (C=O) groups excluding carboxylic acids is 1. The third-order valence-corrected chi connectivity index (χ3v) is 5.14. The van der Waals surface area contributed by atoms with Crippen LogP contribution in [0.25, 0.3) is 11.1 Å². The maximum absolute atomic E-state index is 13.1. The maximum Gasteiger partial charge on any atom is 0.435 e. The van der Waals surface area contributed by atoms with Gasteiger partial charge in [-0.05, 0) is 36.8 Å². The molecule has 0 aliphatic rings. The summed E-state index contributed by atoms with van der Waals surface area (Å²) >= 11 is 12.8. The van der Waals surface area contributed by atoms with E-state index in [0.717, 1.165) is 0 Å².